The van der Waals surface area contributed by atoms with E-state index in [-0.39, 0.29) is 4.90 Å². The highest BCUT2D eigenvalue weighted by Gasteiger charge is 2.25. The molecule has 2 aromatic carbocycles. The first-order valence-electron chi connectivity index (χ1n) is 12.1. The van der Waals surface area contributed by atoms with Gasteiger partial charge in [0.25, 0.3) is 10.0 Å². The maximum Gasteiger partial charge on any atom is 0.261 e. The highest BCUT2D eigenvalue weighted by atomic mass is 32.2. The van der Waals surface area contributed by atoms with Crippen LogP contribution in [-0.4, -0.2) is 43.1 Å². The first kappa shape index (κ1) is 25.3. The maximum atomic E-state index is 13.1. The molecular formula is C27H29N5O3S2. The predicted octanol–water partition coefficient (Wildman–Crippen LogP) is 4.21. The lowest BCUT2D eigenvalue weighted by molar-refractivity contribution is 0.174. The third-order valence-corrected chi connectivity index (χ3v) is 8.66. The van der Waals surface area contributed by atoms with Crippen LogP contribution in [0.2, 0.25) is 0 Å². The van der Waals surface area contributed by atoms with Gasteiger partial charge in [-0.3, -0.25) is 9.71 Å². The zero-order chi connectivity index (χ0) is 25.8. The Hall–Kier alpha value is -3.31. The third kappa shape index (κ3) is 5.99. The second-order valence-corrected chi connectivity index (χ2v) is 11.5. The van der Waals surface area contributed by atoms with Crippen LogP contribution in [0.25, 0.3) is 0 Å². The lowest BCUT2D eigenvalue weighted by Gasteiger charge is -2.16. The van der Waals surface area contributed by atoms with E-state index in [4.69, 9.17) is 0 Å². The largest absolute Gasteiger partial charge is 0.387 e. The van der Waals surface area contributed by atoms with Crippen LogP contribution in [0.1, 0.15) is 28.5 Å². The van der Waals surface area contributed by atoms with Gasteiger partial charge in [0.05, 0.1) is 16.7 Å². The van der Waals surface area contributed by atoms with Gasteiger partial charge in [-0.25, -0.2) is 13.4 Å². The topological polar surface area (TPSA) is 107 Å². The molecule has 0 aliphatic carbocycles. The van der Waals surface area contributed by atoms with Gasteiger partial charge >= 0.3 is 0 Å². The summed E-state index contributed by atoms with van der Waals surface area (Å²) in [4.78, 5) is 11.0. The third-order valence-electron chi connectivity index (χ3n) is 6.30. The molecule has 1 atom stereocenters. The minimum Gasteiger partial charge on any atom is -0.387 e. The number of sulfonamides is 1. The Balaban J connectivity index is 1.16. The number of thiazole rings is 1. The molecule has 37 heavy (non-hydrogen) atoms. The molecule has 0 bridgehead atoms. The summed E-state index contributed by atoms with van der Waals surface area (Å²) in [5.41, 5.74) is 5.37. The Kier molecular flexibility index (Phi) is 7.52. The van der Waals surface area contributed by atoms with Crippen LogP contribution in [0, 0.1) is 6.92 Å². The summed E-state index contributed by atoms with van der Waals surface area (Å²) < 4.78 is 28.8. The molecular weight excluding hydrogens is 506 g/mol. The number of hydrogen-bond donors (Lipinski definition) is 3. The smallest absolute Gasteiger partial charge is 0.261 e. The average Bonchev–Trinajstić information content (AvgIpc) is 3.53. The number of hydrogen-bond acceptors (Lipinski definition) is 8. The Labute approximate surface area is 221 Å². The number of aliphatic hydroxyl groups is 1. The van der Waals surface area contributed by atoms with Gasteiger partial charge in [0.1, 0.15) is 0 Å². The Morgan fingerprint density at radius 3 is 2.73 bits per heavy atom. The number of benzene rings is 2. The second-order valence-electron chi connectivity index (χ2n) is 9.02. The van der Waals surface area contributed by atoms with E-state index in [1.807, 2.05) is 36.6 Å². The fraction of sp³-hybridized carbons (Fsp3) is 0.259. The first-order valence-corrected chi connectivity index (χ1v) is 14.5. The summed E-state index contributed by atoms with van der Waals surface area (Å²) in [5, 5.41) is 16.4. The van der Waals surface area contributed by atoms with Crippen molar-refractivity contribution in [3.63, 3.8) is 0 Å². The molecule has 1 aliphatic heterocycles. The SMILES string of the molecule is Cc1csc(N2CCc3cc(S(=O)(=O)Nc4ccc(CCNCC(O)c5cccnc5)cc4)ccc32)n1. The van der Waals surface area contributed by atoms with E-state index in [9.17, 15) is 13.5 Å². The predicted molar refractivity (Wildman–Crippen MR) is 147 cm³/mol. The lowest BCUT2D eigenvalue weighted by Crippen LogP contribution is -2.23. The number of nitrogens with zero attached hydrogens (tertiary/aromatic N) is 3. The second kappa shape index (κ2) is 11.0. The van der Waals surface area contributed by atoms with Gasteiger partial charge < -0.3 is 15.3 Å². The summed E-state index contributed by atoms with van der Waals surface area (Å²) in [7, 11) is -3.71. The minimum absolute atomic E-state index is 0.254. The van der Waals surface area contributed by atoms with Crippen LogP contribution < -0.4 is 14.9 Å². The van der Waals surface area contributed by atoms with Crippen molar-refractivity contribution in [2.75, 3.05) is 29.3 Å². The highest BCUT2D eigenvalue weighted by Crippen LogP contribution is 2.37. The van der Waals surface area contributed by atoms with E-state index in [2.05, 4.69) is 24.9 Å². The van der Waals surface area contributed by atoms with Gasteiger partial charge in [0.2, 0.25) is 0 Å². The summed E-state index contributed by atoms with van der Waals surface area (Å²) >= 11 is 1.60. The number of nitrogens with one attached hydrogen (secondary N) is 2. The fourth-order valence-electron chi connectivity index (χ4n) is 4.33. The number of anilines is 3. The summed E-state index contributed by atoms with van der Waals surface area (Å²) in [6, 6.07) is 16.3. The van der Waals surface area contributed by atoms with Gasteiger partial charge in [0, 0.05) is 47.8 Å². The molecule has 1 unspecified atom stereocenters. The van der Waals surface area contributed by atoms with E-state index < -0.39 is 16.1 Å². The molecule has 2 aromatic heterocycles. The van der Waals surface area contributed by atoms with Crippen LogP contribution >= 0.6 is 11.3 Å². The van der Waals surface area contributed by atoms with E-state index in [1.165, 1.54) is 0 Å². The maximum absolute atomic E-state index is 13.1. The fourth-order valence-corrected chi connectivity index (χ4v) is 6.28. The Morgan fingerprint density at radius 2 is 2.00 bits per heavy atom. The van der Waals surface area contributed by atoms with Crippen molar-refractivity contribution in [1.82, 2.24) is 15.3 Å². The van der Waals surface area contributed by atoms with Gasteiger partial charge in [-0.1, -0.05) is 18.2 Å². The normalized spacial score (nSPS) is 13.9. The summed E-state index contributed by atoms with van der Waals surface area (Å²) in [6.45, 7) is 3.89. The van der Waals surface area contributed by atoms with E-state index in [0.717, 1.165) is 52.6 Å². The molecule has 5 rings (SSSR count). The van der Waals surface area contributed by atoms with Crippen molar-refractivity contribution in [3.05, 3.63) is 94.8 Å². The molecule has 0 saturated heterocycles. The summed E-state index contributed by atoms with van der Waals surface area (Å²) in [5.74, 6) is 0. The quantitative estimate of drug-likeness (QED) is 0.261. The average molecular weight is 536 g/mol. The molecule has 192 valence electrons. The van der Waals surface area contributed by atoms with E-state index >= 15 is 0 Å². The monoisotopic (exact) mass is 535 g/mol. The van der Waals surface area contributed by atoms with Crippen molar-refractivity contribution in [2.45, 2.75) is 30.8 Å². The van der Waals surface area contributed by atoms with Crippen molar-refractivity contribution in [1.29, 1.82) is 0 Å². The minimum atomic E-state index is -3.71. The number of aromatic nitrogens is 2. The van der Waals surface area contributed by atoms with Crippen LogP contribution in [0.3, 0.4) is 0 Å². The molecule has 3 N–H and O–H groups in total. The summed E-state index contributed by atoms with van der Waals surface area (Å²) in [6.07, 6.45) is 4.26. The molecule has 0 saturated carbocycles. The van der Waals surface area contributed by atoms with Crippen LogP contribution in [0.5, 0.6) is 0 Å². The van der Waals surface area contributed by atoms with Crippen LogP contribution in [-0.2, 0) is 22.9 Å². The number of aryl methyl sites for hydroxylation is 1. The molecule has 0 spiro atoms. The van der Waals surface area contributed by atoms with Gasteiger partial charge in [0.15, 0.2) is 5.13 Å². The molecule has 4 aromatic rings. The molecule has 0 fully saturated rings. The first-order chi connectivity index (χ1) is 17.9. The number of fused-ring (bicyclic) bond motifs is 1. The van der Waals surface area contributed by atoms with Crippen molar-refractivity contribution in [3.8, 4) is 0 Å². The van der Waals surface area contributed by atoms with Crippen molar-refractivity contribution < 1.29 is 13.5 Å². The van der Waals surface area contributed by atoms with Gasteiger partial charge in [-0.05, 0) is 73.8 Å². The molecule has 0 amide bonds. The zero-order valence-electron chi connectivity index (χ0n) is 20.5. The van der Waals surface area contributed by atoms with Gasteiger partial charge in [-0.15, -0.1) is 11.3 Å². The molecule has 8 nitrogen and oxygen atoms in total. The highest BCUT2D eigenvalue weighted by molar-refractivity contribution is 7.92. The molecule has 10 heteroatoms. The Bertz CT molecular complexity index is 1460. The molecule has 1 aliphatic rings. The lowest BCUT2D eigenvalue weighted by atomic mass is 10.1. The number of rotatable bonds is 10. The van der Waals surface area contributed by atoms with Crippen LogP contribution in [0.15, 0.2) is 77.3 Å². The van der Waals surface area contributed by atoms with Crippen LogP contribution in [0.4, 0.5) is 16.5 Å². The van der Waals surface area contributed by atoms with Crippen molar-refractivity contribution in [2.24, 2.45) is 0 Å². The molecule has 0 radical (unpaired) electrons. The molecule has 3 heterocycles. The van der Waals surface area contributed by atoms with E-state index in [0.29, 0.717) is 18.8 Å². The van der Waals surface area contributed by atoms with Gasteiger partial charge in [-0.2, -0.15) is 0 Å². The zero-order valence-corrected chi connectivity index (χ0v) is 22.1. The standard InChI is InChI=1S/C27H29N5O3S2/c1-19-18-36-27(30-19)32-14-11-21-15-24(8-9-25(21)32)37(34,35)31-23-6-4-20(5-7-23)10-13-29-17-26(33)22-3-2-12-28-16-22/h2-9,12,15-16,18,26,29,31,33H,10-11,13-14,17H2,1H3. The van der Waals surface area contributed by atoms with E-state index in [1.54, 1.807) is 54.1 Å². The number of aliphatic hydroxyl groups excluding tert-OH is 1. The Morgan fingerprint density at radius 1 is 1.16 bits per heavy atom. The number of pyridine rings is 1. The van der Waals surface area contributed by atoms with Crippen molar-refractivity contribution >= 4 is 37.9 Å².